The van der Waals surface area contributed by atoms with Gasteiger partial charge < -0.3 is 14.4 Å². The number of imidazole rings is 1. The lowest BCUT2D eigenvalue weighted by molar-refractivity contribution is 0.204. The molecule has 0 spiro atoms. The van der Waals surface area contributed by atoms with Crippen LogP contribution in [0.3, 0.4) is 0 Å². The van der Waals surface area contributed by atoms with E-state index < -0.39 is 6.10 Å². The standard InChI is InChI=1S/C14H16N2O2/c1-2-16-9-15-8-12(16)13(17)11-5-3-4-10-6-7-18-14(10)11/h3-5,8-9,13,17H,2,6-7H2,1H3. The van der Waals surface area contributed by atoms with E-state index in [0.717, 1.165) is 30.0 Å². The number of aliphatic hydroxyl groups is 1. The van der Waals surface area contributed by atoms with E-state index in [9.17, 15) is 5.11 Å². The molecule has 3 rings (SSSR count). The summed E-state index contributed by atoms with van der Waals surface area (Å²) in [5.74, 6) is 0.842. The molecule has 0 bridgehead atoms. The summed E-state index contributed by atoms with van der Waals surface area (Å²) < 4.78 is 7.58. The third-order valence-electron chi connectivity index (χ3n) is 3.40. The predicted molar refractivity (Wildman–Crippen MR) is 67.6 cm³/mol. The number of benzene rings is 1. The van der Waals surface area contributed by atoms with Crippen LogP contribution in [0.4, 0.5) is 0 Å². The van der Waals surface area contributed by atoms with Crippen LogP contribution in [-0.2, 0) is 13.0 Å². The van der Waals surface area contributed by atoms with Gasteiger partial charge >= 0.3 is 0 Å². The SMILES string of the molecule is CCn1cncc1C(O)c1cccc2c1OCC2. The van der Waals surface area contributed by atoms with Crippen molar-refractivity contribution in [1.29, 1.82) is 0 Å². The second-order valence-corrected chi connectivity index (χ2v) is 4.44. The molecule has 4 heteroatoms. The first-order chi connectivity index (χ1) is 8.81. The van der Waals surface area contributed by atoms with E-state index in [0.29, 0.717) is 6.61 Å². The van der Waals surface area contributed by atoms with E-state index in [2.05, 4.69) is 11.1 Å². The first-order valence-corrected chi connectivity index (χ1v) is 6.24. The number of hydrogen-bond donors (Lipinski definition) is 1. The number of aryl methyl sites for hydroxylation is 1. The average Bonchev–Trinajstić information content (AvgIpc) is 3.05. The van der Waals surface area contributed by atoms with Crippen molar-refractivity contribution in [2.24, 2.45) is 0 Å². The third-order valence-corrected chi connectivity index (χ3v) is 3.40. The number of rotatable bonds is 3. The van der Waals surface area contributed by atoms with Crippen LogP contribution < -0.4 is 4.74 Å². The van der Waals surface area contributed by atoms with E-state index in [1.807, 2.05) is 23.6 Å². The zero-order chi connectivity index (χ0) is 12.5. The lowest BCUT2D eigenvalue weighted by atomic mass is 10.0. The highest BCUT2D eigenvalue weighted by Gasteiger charge is 2.23. The molecule has 1 unspecified atom stereocenters. The molecule has 1 aromatic heterocycles. The second-order valence-electron chi connectivity index (χ2n) is 4.44. The molecule has 1 aromatic carbocycles. The summed E-state index contributed by atoms with van der Waals surface area (Å²) in [5, 5.41) is 10.5. The van der Waals surface area contributed by atoms with Gasteiger partial charge in [0.2, 0.25) is 0 Å². The van der Waals surface area contributed by atoms with Crippen LogP contribution in [0.5, 0.6) is 5.75 Å². The minimum atomic E-state index is -0.680. The van der Waals surface area contributed by atoms with E-state index in [4.69, 9.17) is 4.74 Å². The largest absolute Gasteiger partial charge is 0.493 e. The first-order valence-electron chi connectivity index (χ1n) is 6.24. The molecule has 1 atom stereocenters. The van der Waals surface area contributed by atoms with Gasteiger partial charge in [0.25, 0.3) is 0 Å². The Morgan fingerprint density at radius 1 is 1.50 bits per heavy atom. The van der Waals surface area contributed by atoms with Gasteiger partial charge in [-0.15, -0.1) is 0 Å². The summed E-state index contributed by atoms with van der Waals surface area (Å²) in [6.45, 7) is 3.53. The van der Waals surface area contributed by atoms with Gasteiger partial charge in [-0.1, -0.05) is 18.2 Å². The Balaban J connectivity index is 2.03. The van der Waals surface area contributed by atoms with Gasteiger partial charge in [0.15, 0.2) is 0 Å². The molecular weight excluding hydrogens is 228 g/mol. The Morgan fingerprint density at radius 2 is 2.39 bits per heavy atom. The van der Waals surface area contributed by atoms with Gasteiger partial charge in [-0.2, -0.15) is 0 Å². The van der Waals surface area contributed by atoms with Crippen molar-refractivity contribution in [2.75, 3.05) is 6.61 Å². The zero-order valence-electron chi connectivity index (χ0n) is 10.3. The summed E-state index contributed by atoms with van der Waals surface area (Å²) in [6.07, 6.45) is 3.69. The van der Waals surface area contributed by atoms with Crippen molar-refractivity contribution in [2.45, 2.75) is 26.0 Å². The Hall–Kier alpha value is -1.81. The Kier molecular flexibility index (Phi) is 2.80. The summed E-state index contributed by atoms with van der Waals surface area (Å²) >= 11 is 0. The fourth-order valence-corrected chi connectivity index (χ4v) is 2.44. The fraction of sp³-hybridized carbons (Fsp3) is 0.357. The number of fused-ring (bicyclic) bond motifs is 1. The summed E-state index contributed by atoms with van der Waals surface area (Å²) in [4.78, 5) is 4.10. The topological polar surface area (TPSA) is 47.3 Å². The van der Waals surface area contributed by atoms with E-state index in [1.165, 1.54) is 5.56 Å². The van der Waals surface area contributed by atoms with Crippen LogP contribution in [0.25, 0.3) is 0 Å². The third kappa shape index (κ3) is 1.69. The first kappa shape index (κ1) is 11.3. The molecule has 2 aromatic rings. The molecule has 0 radical (unpaired) electrons. The molecule has 2 heterocycles. The van der Waals surface area contributed by atoms with Crippen LogP contribution in [0.1, 0.15) is 29.8 Å². The van der Waals surface area contributed by atoms with Crippen molar-refractivity contribution < 1.29 is 9.84 Å². The minimum absolute atomic E-state index is 0.680. The van der Waals surface area contributed by atoms with E-state index in [1.54, 1.807) is 12.5 Å². The molecule has 1 aliphatic rings. The van der Waals surface area contributed by atoms with Gasteiger partial charge in [0.05, 0.1) is 24.8 Å². The maximum Gasteiger partial charge on any atom is 0.128 e. The van der Waals surface area contributed by atoms with Gasteiger partial charge in [-0.3, -0.25) is 0 Å². The highest BCUT2D eigenvalue weighted by molar-refractivity contribution is 5.47. The molecular formula is C14H16N2O2. The van der Waals surface area contributed by atoms with Gasteiger partial charge in [0, 0.05) is 18.5 Å². The van der Waals surface area contributed by atoms with Gasteiger partial charge in [-0.05, 0) is 12.5 Å². The predicted octanol–water partition coefficient (Wildman–Crippen LogP) is 1.92. The van der Waals surface area contributed by atoms with Gasteiger partial charge in [0.1, 0.15) is 11.9 Å². The minimum Gasteiger partial charge on any atom is -0.493 e. The highest BCUT2D eigenvalue weighted by atomic mass is 16.5. The zero-order valence-corrected chi connectivity index (χ0v) is 10.3. The van der Waals surface area contributed by atoms with Gasteiger partial charge in [-0.25, -0.2) is 4.98 Å². The number of para-hydroxylation sites is 1. The average molecular weight is 244 g/mol. The smallest absolute Gasteiger partial charge is 0.128 e. The highest BCUT2D eigenvalue weighted by Crippen LogP contribution is 2.35. The molecule has 0 amide bonds. The molecule has 4 nitrogen and oxygen atoms in total. The molecule has 0 saturated carbocycles. The van der Waals surface area contributed by atoms with Crippen molar-refractivity contribution in [3.63, 3.8) is 0 Å². The Morgan fingerprint density at radius 3 is 3.22 bits per heavy atom. The quantitative estimate of drug-likeness (QED) is 0.897. The monoisotopic (exact) mass is 244 g/mol. The number of aromatic nitrogens is 2. The summed E-state index contributed by atoms with van der Waals surface area (Å²) in [7, 11) is 0. The molecule has 1 N–H and O–H groups in total. The Bertz CT molecular complexity index is 563. The normalized spacial score (nSPS) is 15.2. The molecule has 0 saturated heterocycles. The fourth-order valence-electron chi connectivity index (χ4n) is 2.44. The van der Waals surface area contributed by atoms with Crippen molar-refractivity contribution >= 4 is 0 Å². The van der Waals surface area contributed by atoms with Crippen LogP contribution >= 0.6 is 0 Å². The number of ether oxygens (including phenoxy) is 1. The molecule has 0 fully saturated rings. The van der Waals surface area contributed by atoms with Crippen LogP contribution in [-0.4, -0.2) is 21.3 Å². The van der Waals surface area contributed by atoms with E-state index >= 15 is 0 Å². The maximum atomic E-state index is 10.5. The summed E-state index contributed by atoms with van der Waals surface area (Å²) in [5.41, 5.74) is 2.82. The van der Waals surface area contributed by atoms with Crippen molar-refractivity contribution in [3.05, 3.63) is 47.5 Å². The molecule has 94 valence electrons. The number of aliphatic hydroxyl groups excluding tert-OH is 1. The number of hydrogen-bond acceptors (Lipinski definition) is 3. The molecule has 18 heavy (non-hydrogen) atoms. The van der Waals surface area contributed by atoms with Crippen LogP contribution in [0.15, 0.2) is 30.7 Å². The lowest BCUT2D eigenvalue weighted by Gasteiger charge is -2.15. The maximum absolute atomic E-state index is 10.5. The van der Waals surface area contributed by atoms with Crippen molar-refractivity contribution in [3.8, 4) is 5.75 Å². The van der Waals surface area contributed by atoms with E-state index in [-0.39, 0.29) is 0 Å². The molecule has 0 aliphatic carbocycles. The summed E-state index contributed by atoms with van der Waals surface area (Å²) in [6, 6.07) is 5.94. The molecule has 1 aliphatic heterocycles. The van der Waals surface area contributed by atoms with Crippen LogP contribution in [0, 0.1) is 0 Å². The number of nitrogens with zero attached hydrogens (tertiary/aromatic N) is 2. The Labute approximate surface area is 106 Å². The second kappa shape index (κ2) is 4.46. The van der Waals surface area contributed by atoms with Crippen LogP contribution in [0.2, 0.25) is 0 Å². The lowest BCUT2D eigenvalue weighted by Crippen LogP contribution is -2.08. The van der Waals surface area contributed by atoms with Crippen molar-refractivity contribution in [1.82, 2.24) is 9.55 Å².